The van der Waals surface area contributed by atoms with Crippen molar-refractivity contribution < 1.29 is 4.79 Å². The minimum absolute atomic E-state index is 0.116. The van der Waals surface area contributed by atoms with E-state index in [0.29, 0.717) is 6.42 Å². The van der Waals surface area contributed by atoms with Gasteiger partial charge in [-0.2, -0.15) is 0 Å². The van der Waals surface area contributed by atoms with Crippen LogP contribution in [0.1, 0.15) is 73.6 Å². The molecule has 0 rings (SSSR count). The first-order chi connectivity index (χ1) is 8.78. The molecule has 0 saturated carbocycles. The van der Waals surface area contributed by atoms with E-state index in [1.807, 2.05) is 0 Å². The molecule has 0 atom stereocenters. The third-order valence-electron chi connectivity index (χ3n) is 4.38. The molecule has 0 aromatic heterocycles. The number of carbonyl (C=O) groups excluding carboxylic acids is 1. The maximum Gasteiger partial charge on any atom is 0.220 e. The predicted octanol–water partition coefficient (Wildman–Crippen LogP) is 3.49. The standard InChI is InChI=1S/C16H34N2O/c1-7-15(4,5)13-14(19)17-11-10-12-18-16(6,8-2)9-3/h18H,7-13H2,1-6H3,(H,17,19). The molecule has 0 saturated heterocycles. The average Bonchev–Trinajstić information content (AvgIpc) is 2.37. The van der Waals surface area contributed by atoms with Gasteiger partial charge in [-0.3, -0.25) is 4.79 Å². The largest absolute Gasteiger partial charge is 0.356 e. The molecule has 0 heterocycles. The summed E-state index contributed by atoms with van der Waals surface area (Å²) in [6.45, 7) is 14.8. The molecule has 0 aromatic rings. The van der Waals surface area contributed by atoms with Crippen molar-refractivity contribution in [2.75, 3.05) is 13.1 Å². The molecule has 114 valence electrons. The Kier molecular flexibility index (Phi) is 8.31. The molecule has 0 aliphatic heterocycles. The first-order valence-electron chi connectivity index (χ1n) is 7.80. The second-order valence-electron chi connectivity index (χ2n) is 6.59. The highest BCUT2D eigenvalue weighted by Crippen LogP contribution is 2.23. The van der Waals surface area contributed by atoms with Crippen LogP contribution in [0.4, 0.5) is 0 Å². The van der Waals surface area contributed by atoms with Crippen LogP contribution in [-0.4, -0.2) is 24.5 Å². The van der Waals surface area contributed by atoms with Crippen molar-refractivity contribution in [2.45, 2.75) is 79.2 Å². The Balaban J connectivity index is 3.73. The zero-order chi connectivity index (χ0) is 14.9. The number of amides is 1. The lowest BCUT2D eigenvalue weighted by Gasteiger charge is -2.28. The molecule has 2 N–H and O–H groups in total. The van der Waals surface area contributed by atoms with Gasteiger partial charge in [-0.25, -0.2) is 0 Å². The fraction of sp³-hybridized carbons (Fsp3) is 0.938. The van der Waals surface area contributed by atoms with Crippen molar-refractivity contribution >= 4 is 5.91 Å². The van der Waals surface area contributed by atoms with Crippen molar-refractivity contribution in [1.29, 1.82) is 0 Å². The van der Waals surface area contributed by atoms with Crippen LogP contribution in [0, 0.1) is 5.41 Å². The molecule has 0 aliphatic rings. The zero-order valence-corrected chi connectivity index (χ0v) is 13.9. The van der Waals surface area contributed by atoms with Crippen LogP contribution in [0.15, 0.2) is 0 Å². The molecular weight excluding hydrogens is 236 g/mol. The monoisotopic (exact) mass is 270 g/mol. The van der Waals surface area contributed by atoms with Crippen LogP contribution < -0.4 is 10.6 Å². The Bertz CT molecular complexity index is 257. The van der Waals surface area contributed by atoms with Gasteiger partial charge in [-0.1, -0.05) is 41.0 Å². The van der Waals surface area contributed by atoms with Crippen LogP contribution in [-0.2, 0) is 4.79 Å². The fourth-order valence-electron chi connectivity index (χ4n) is 1.83. The predicted molar refractivity (Wildman–Crippen MR) is 83.3 cm³/mol. The lowest BCUT2D eigenvalue weighted by molar-refractivity contribution is -0.123. The number of nitrogens with one attached hydrogen (secondary N) is 2. The fourth-order valence-corrected chi connectivity index (χ4v) is 1.83. The second kappa shape index (κ2) is 8.57. The Labute approximate surface area is 119 Å². The molecule has 0 unspecified atom stereocenters. The van der Waals surface area contributed by atoms with Gasteiger partial charge >= 0.3 is 0 Å². The third kappa shape index (κ3) is 8.25. The highest BCUT2D eigenvalue weighted by Gasteiger charge is 2.20. The minimum atomic E-state index is 0.116. The summed E-state index contributed by atoms with van der Waals surface area (Å²) in [6.07, 6.45) is 4.93. The maximum atomic E-state index is 11.8. The summed E-state index contributed by atoms with van der Waals surface area (Å²) in [5.41, 5.74) is 0.361. The normalized spacial score (nSPS) is 12.5. The maximum absolute atomic E-state index is 11.8. The van der Waals surface area contributed by atoms with Gasteiger partial charge in [0.25, 0.3) is 0 Å². The molecule has 0 bridgehead atoms. The van der Waals surface area contributed by atoms with Gasteiger partial charge in [-0.05, 0) is 38.1 Å². The smallest absolute Gasteiger partial charge is 0.220 e. The molecule has 0 radical (unpaired) electrons. The van der Waals surface area contributed by atoms with E-state index in [1.165, 1.54) is 0 Å². The van der Waals surface area contributed by atoms with Gasteiger partial charge in [0.05, 0.1) is 0 Å². The highest BCUT2D eigenvalue weighted by atomic mass is 16.1. The number of hydrogen-bond acceptors (Lipinski definition) is 2. The van der Waals surface area contributed by atoms with E-state index in [-0.39, 0.29) is 16.9 Å². The average molecular weight is 270 g/mol. The van der Waals surface area contributed by atoms with Gasteiger partial charge in [-0.15, -0.1) is 0 Å². The number of hydrogen-bond donors (Lipinski definition) is 2. The van der Waals surface area contributed by atoms with Crippen LogP contribution in [0.5, 0.6) is 0 Å². The van der Waals surface area contributed by atoms with E-state index >= 15 is 0 Å². The van der Waals surface area contributed by atoms with Crippen molar-refractivity contribution in [3.63, 3.8) is 0 Å². The van der Waals surface area contributed by atoms with E-state index in [2.05, 4.69) is 52.2 Å². The molecule has 0 aliphatic carbocycles. The van der Waals surface area contributed by atoms with E-state index in [0.717, 1.165) is 38.8 Å². The lowest BCUT2D eigenvalue weighted by atomic mass is 9.86. The van der Waals surface area contributed by atoms with Crippen molar-refractivity contribution in [2.24, 2.45) is 5.41 Å². The van der Waals surface area contributed by atoms with Gasteiger partial charge < -0.3 is 10.6 Å². The Morgan fingerprint density at radius 3 is 2.00 bits per heavy atom. The summed E-state index contributed by atoms with van der Waals surface area (Å²) in [4.78, 5) is 11.8. The molecule has 3 nitrogen and oxygen atoms in total. The third-order valence-corrected chi connectivity index (χ3v) is 4.38. The summed E-state index contributed by atoms with van der Waals surface area (Å²) in [6, 6.07) is 0. The number of rotatable bonds is 10. The van der Waals surface area contributed by atoms with Crippen LogP contribution in [0.2, 0.25) is 0 Å². The Hall–Kier alpha value is -0.570. The highest BCUT2D eigenvalue weighted by molar-refractivity contribution is 5.76. The van der Waals surface area contributed by atoms with Crippen LogP contribution in [0.25, 0.3) is 0 Å². The van der Waals surface area contributed by atoms with E-state index < -0.39 is 0 Å². The van der Waals surface area contributed by atoms with E-state index in [1.54, 1.807) is 0 Å². The van der Waals surface area contributed by atoms with Gasteiger partial charge in [0.1, 0.15) is 0 Å². The van der Waals surface area contributed by atoms with Gasteiger partial charge in [0.2, 0.25) is 5.91 Å². The summed E-state index contributed by atoms with van der Waals surface area (Å²) < 4.78 is 0. The SMILES string of the molecule is CCC(C)(C)CC(=O)NCCCNC(C)(CC)CC. The Morgan fingerprint density at radius 2 is 1.53 bits per heavy atom. The van der Waals surface area contributed by atoms with Gasteiger partial charge in [0, 0.05) is 18.5 Å². The van der Waals surface area contributed by atoms with Crippen LogP contribution in [0.3, 0.4) is 0 Å². The first-order valence-corrected chi connectivity index (χ1v) is 7.80. The Morgan fingerprint density at radius 1 is 0.947 bits per heavy atom. The first kappa shape index (κ1) is 18.4. The molecule has 0 fully saturated rings. The van der Waals surface area contributed by atoms with Crippen molar-refractivity contribution in [1.82, 2.24) is 10.6 Å². The van der Waals surface area contributed by atoms with E-state index in [9.17, 15) is 4.79 Å². The quantitative estimate of drug-likeness (QED) is 0.597. The topological polar surface area (TPSA) is 41.1 Å². The van der Waals surface area contributed by atoms with Crippen molar-refractivity contribution in [3.8, 4) is 0 Å². The van der Waals surface area contributed by atoms with Crippen LogP contribution >= 0.6 is 0 Å². The molecular formula is C16H34N2O. The second-order valence-corrected chi connectivity index (χ2v) is 6.59. The lowest BCUT2D eigenvalue weighted by Crippen LogP contribution is -2.42. The van der Waals surface area contributed by atoms with Crippen molar-refractivity contribution in [3.05, 3.63) is 0 Å². The zero-order valence-electron chi connectivity index (χ0n) is 13.9. The molecule has 19 heavy (non-hydrogen) atoms. The van der Waals surface area contributed by atoms with Gasteiger partial charge in [0.15, 0.2) is 0 Å². The number of carbonyl (C=O) groups is 1. The summed E-state index contributed by atoms with van der Waals surface area (Å²) >= 11 is 0. The van der Waals surface area contributed by atoms with E-state index in [4.69, 9.17) is 0 Å². The molecule has 1 amide bonds. The summed E-state index contributed by atoms with van der Waals surface area (Å²) in [7, 11) is 0. The summed E-state index contributed by atoms with van der Waals surface area (Å²) in [5.74, 6) is 0.181. The molecule has 0 spiro atoms. The summed E-state index contributed by atoms with van der Waals surface area (Å²) in [5, 5.41) is 6.59. The molecule has 3 heteroatoms. The minimum Gasteiger partial charge on any atom is -0.356 e. The molecule has 0 aromatic carbocycles.